The van der Waals surface area contributed by atoms with Crippen molar-refractivity contribution < 1.29 is 14.0 Å². The van der Waals surface area contributed by atoms with Gasteiger partial charge >= 0.3 is 6.09 Å². The van der Waals surface area contributed by atoms with Crippen LogP contribution in [0, 0.1) is 0 Å². The number of alkyl carbamates (subject to hydrolysis) is 1. The molecule has 5 nitrogen and oxygen atoms in total. The van der Waals surface area contributed by atoms with Gasteiger partial charge in [-0.25, -0.2) is 4.79 Å². The molecule has 1 aliphatic rings. The molecule has 1 amide bonds. The summed E-state index contributed by atoms with van der Waals surface area (Å²) in [5, 5.41) is 4.64. The molecule has 1 aliphatic heterocycles. The van der Waals surface area contributed by atoms with Gasteiger partial charge in [0.05, 0.1) is 6.04 Å². The molecule has 3 aromatic carbocycles. The highest BCUT2D eigenvalue weighted by atomic mass is 35.5. The van der Waals surface area contributed by atoms with Gasteiger partial charge < -0.3 is 19.4 Å². The summed E-state index contributed by atoms with van der Waals surface area (Å²) in [4.78, 5) is 17.1. The van der Waals surface area contributed by atoms with Crippen molar-refractivity contribution in [3.63, 3.8) is 0 Å². The van der Waals surface area contributed by atoms with E-state index in [-0.39, 0.29) is 11.1 Å². The third kappa shape index (κ3) is 9.10. The van der Waals surface area contributed by atoms with Crippen LogP contribution in [0.4, 0.5) is 4.79 Å². The average molecular weight is 625 g/mol. The summed E-state index contributed by atoms with van der Waals surface area (Å²) in [7, 11) is -1.04. The number of likely N-dealkylation sites (tertiary alicyclic amines) is 1. The lowest BCUT2D eigenvalue weighted by atomic mass is 9.78. The first-order chi connectivity index (χ1) is 19.8. The number of rotatable bonds is 11. The Balaban J connectivity index is 1.63. The fourth-order valence-corrected chi connectivity index (χ4v) is 7.73. The highest BCUT2D eigenvalue weighted by Crippen LogP contribution is 2.41. The minimum Gasteiger partial charge on any atom is -0.444 e. The van der Waals surface area contributed by atoms with E-state index in [2.05, 4.69) is 67.4 Å². The van der Waals surface area contributed by atoms with Crippen LogP contribution in [0.1, 0.15) is 59.1 Å². The van der Waals surface area contributed by atoms with Crippen molar-refractivity contribution in [2.24, 2.45) is 0 Å². The smallest absolute Gasteiger partial charge is 0.407 e. The highest BCUT2D eigenvalue weighted by Gasteiger charge is 2.45. The lowest BCUT2D eigenvalue weighted by Crippen LogP contribution is -2.57. The molecule has 0 unspecified atom stereocenters. The second kappa shape index (κ2) is 14.0. The average Bonchev–Trinajstić information content (AvgIpc) is 2.90. The fourth-order valence-electron chi connectivity index (χ4n) is 5.16. The first-order valence-corrected chi connectivity index (χ1v) is 17.3. The zero-order valence-corrected chi connectivity index (χ0v) is 28.7. The Morgan fingerprint density at radius 1 is 0.929 bits per heavy atom. The summed E-state index contributed by atoms with van der Waals surface area (Å²) in [6.45, 7) is 15.2. The molecule has 0 aromatic heterocycles. The molecule has 1 fully saturated rings. The predicted octanol–water partition coefficient (Wildman–Crippen LogP) is 7.66. The number of ether oxygens (including phenoxy) is 1. The van der Waals surface area contributed by atoms with Gasteiger partial charge in [0.15, 0.2) is 9.76 Å². The molecule has 0 bridgehead atoms. The van der Waals surface area contributed by atoms with Gasteiger partial charge in [0.2, 0.25) is 0 Å². The van der Waals surface area contributed by atoms with Crippen LogP contribution in [-0.2, 0) is 14.8 Å². The number of benzene rings is 3. The minimum atomic E-state index is -1.04. The standard InChI is InChI=1S/C34H45ClN2O3SSi/c1-32(2,3)39-31(38)36-30(21-22-37-23-29(24-37)41-28-19-17-27(35)18-20-28)34(40-42-33(4,5)6,25-13-9-7-10-14-25)26-15-11-8-12-16-26/h7-20,29-30H,21-24,42H2,1-6H3,(H,36,38)/t30-/m0/s1. The van der Waals surface area contributed by atoms with E-state index in [0.717, 1.165) is 35.8 Å². The summed E-state index contributed by atoms with van der Waals surface area (Å²) in [6.07, 6.45) is 0.282. The van der Waals surface area contributed by atoms with Crippen LogP contribution < -0.4 is 5.32 Å². The Labute approximate surface area is 263 Å². The molecule has 3 aromatic rings. The van der Waals surface area contributed by atoms with Crippen molar-refractivity contribution in [3.8, 4) is 0 Å². The number of halogens is 1. The third-order valence-electron chi connectivity index (χ3n) is 7.09. The van der Waals surface area contributed by atoms with Crippen molar-refractivity contribution in [2.45, 2.75) is 80.4 Å². The minimum absolute atomic E-state index is 0.0505. The number of hydrogen-bond donors (Lipinski definition) is 1. The molecule has 0 radical (unpaired) electrons. The Hall–Kier alpha value is -2.29. The number of carbonyl (C=O) groups excluding carboxylic acids is 1. The third-order valence-corrected chi connectivity index (χ3v) is 9.99. The van der Waals surface area contributed by atoms with Crippen LogP contribution in [0.25, 0.3) is 0 Å². The van der Waals surface area contributed by atoms with E-state index in [4.69, 9.17) is 20.8 Å². The van der Waals surface area contributed by atoms with Crippen LogP contribution in [-0.4, -0.2) is 57.3 Å². The molecule has 0 spiro atoms. The van der Waals surface area contributed by atoms with E-state index >= 15 is 0 Å². The predicted molar refractivity (Wildman–Crippen MR) is 178 cm³/mol. The molecule has 0 saturated carbocycles. The summed E-state index contributed by atoms with van der Waals surface area (Å²) >= 11 is 7.96. The first-order valence-electron chi connectivity index (χ1n) is 14.7. The van der Waals surface area contributed by atoms with Crippen molar-refractivity contribution in [2.75, 3.05) is 19.6 Å². The van der Waals surface area contributed by atoms with Crippen LogP contribution in [0.3, 0.4) is 0 Å². The summed E-state index contributed by atoms with van der Waals surface area (Å²) < 4.78 is 13.0. The SMILES string of the molecule is CC(C)(C)OC(=O)N[C@@H](CCN1CC(Sc2ccc(Cl)cc2)C1)C(O[SiH2]C(C)(C)C)(c1ccccc1)c1ccccc1. The maximum Gasteiger partial charge on any atom is 0.407 e. The monoisotopic (exact) mass is 624 g/mol. The van der Waals surface area contributed by atoms with Crippen LogP contribution in [0.5, 0.6) is 0 Å². The molecule has 1 N–H and O–H groups in total. The molecule has 1 heterocycles. The van der Waals surface area contributed by atoms with Crippen LogP contribution in [0.2, 0.25) is 10.1 Å². The number of thioether (sulfide) groups is 1. The Bertz CT molecular complexity index is 1230. The molecule has 0 aliphatic carbocycles. The molecule has 42 heavy (non-hydrogen) atoms. The van der Waals surface area contributed by atoms with Crippen molar-refractivity contribution >= 4 is 39.2 Å². The first kappa shape index (κ1) is 32.6. The van der Waals surface area contributed by atoms with E-state index in [1.807, 2.05) is 81.1 Å². The van der Waals surface area contributed by atoms with E-state index < -0.39 is 27.1 Å². The normalized spacial score (nSPS) is 15.9. The quantitative estimate of drug-likeness (QED) is 0.222. The van der Waals surface area contributed by atoms with Gasteiger partial charge in [-0.15, -0.1) is 11.8 Å². The van der Waals surface area contributed by atoms with Gasteiger partial charge in [0, 0.05) is 34.8 Å². The Morgan fingerprint density at radius 2 is 1.48 bits per heavy atom. The molecular weight excluding hydrogens is 580 g/mol. The van der Waals surface area contributed by atoms with Gasteiger partial charge in [0.25, 0.3) is 0 Å². The largest absolute Gasteiger partial charge is 0.444 e. The zero-order chi connectivity index (χ0) is 30.4. The van der Waals surface area contributed by atoms with Crippen molar-refractivity contribution in [1.29, 1.82) is 0 Å². The lowest BCUT2D eigenvalue weighted by molar-refractivity contribution is 0.0235. The van der Waals surface area contributed by atoms with Gasteiger partial charge in [-0.05, 0) is 67.6 Å². The summed E-state index contributed by atoms with van der Waals surface area (Å²) in [5.74, 6) is 0. The number of nitrogens with zero attached hydrogens (tertiary/aromatic N) is 1. The second-order valence-electron chi connectivity index (χ2n) is 13.3. The Morgan fingerprint density at radius 3 is 1.98 bits per heavy atom. The van der Waals surface area contributed by atoms with Crippen molar-refractivity contribution in [1.82, 2.24) is 10.2 Å². The number of carbonyl (C=O) groups is 1. The number of amides is 1. The number of hydrogen-bond acceptors (Lipinski definition) is 5. The van der Waals surface area contributed by atoms with E-state index in [9.17, 15) is 4.79 Å². The molecular formula is C34H45ClN2O3SSi. The van der Waals surface area contributed by atoms with Gasteiger partial charge in [0.1, 0.15) is 11.2 Å². The zero-order valence-electron chi connectivity index (χ0n) is 25.7. The number of nitrogens with one attached hydrogen (secondary N) is 1. The van der Waals surface area contributed by atoms with Gasteiger partial charge in [-0.2, -0.15) is 0 Å². The second-order valence-corrected chi connectivity index (χ2v) is 17.8. The molecule has 1 saturated heterocycles. The molecule has 1 atom stereocenters. The van der Waals surface area contributed by atoms with Gasteiger partial charge in [-0.3, -0.25) is 0 Å². The summed E-state index contributed by atoms with van der Waals surface area (Å²) in [5.41, 5.74) is 0.602. The van der Waals surface area contributed by atoms with Crippen LogP contribution in [0.15, 0.2) is 89.8 Å². The highest BCUT2D eigenvalue weighted by molar-refractivity contribution is 8.00. The summed E-state index contributed by atoms with van der Waals surface area (Å²) in [6, 6.07) is 28.4. The van der Waals surface area contributed by atoms with Crippen LogP contribution >= 0.6 is 23.4 Å². The molecule has 8 heteroatoms. The topological polar surface area (TPSA) is 50.8 Å². The van der Waals surface area contributed by atoms with Gasteiger partial charge in [-0.1, -0.05) is 93.0 Å². The van der Waals surface area contributed by atoms with E-state index in [0.29, 0.717) is 11.7 Å². The maximum absolute atomic E-state index is 13.4. The van der Waals surface area contributed by atoms with E-state index in [1.165, 1.54) is 4.90 Å². The molecule has 4 rings (SSSR count). The molecule has 226 valence electrons. The van der Waals surface area contributed by atoms with E-state index in [1.54, 1.807) is 0 Å². The Kier molecular flexibility index (Phi) is 10.9. The van der Waals surface area contributed by atoms with Crippen molar-refractivity contribution in [3.05, 3.63) is 101 Å². The lowest BCUT2D eigenvalue weighted by Gasteiger charge is -2.45. The maximum atomic E-state index is 13.4. The fraction of sp³-hybridized carbons (Fsp3) is 0.441.